The summed E-state index contributed by atoms with van der Waals surface area (Å²) in [6, 6.07) is 3.48. The molecule has 0 fully saturated rings. The summed E-state index contributed by atoms with van der Waals surface area (Å²) in [7, 11) is 1.72. The van der Waals surface area contributed by atoms with E-state index in [1.807, 2.05) is 19.9 Å². The van der Waals surface area contributed by atoms with Gasteiger partial charge in [0.05, 0.1) is 7.11 Å². The molecule has 138 valence electrons. The fraction of sp³-hybridized carbons (Fsp3) is 0.409. The molecule has 1 aliphatic rings. The second-order valence-electron chi connectivity index (χ2n) is 7.91. The van der Waals surface area contributed by atoms with Crippen LogP contribution in [0, 0.1) is 19.3 Å². The van der Waals surface area contributed by atoms with Crippen molar-refractivity contribution in [1.29, 1.82) is 0 Å². The van der Waals surface area contributed by atoms with Gasteiger partial charge in [-0.25, -0.2) is 0 Å². The number of hydrogen-bond donors (Lipinski definition) is 1. The highest BCUT2D eigenvalue weighted by atomic mass is 32.1. The second-order valence-corrected chi connectivity index (χ2v) is 8.93. The Morgan fingerprint density at radius 2 is 1.88 bits per heavy atom. The van der Waals surface area contributed by atoms with Crippen molar-refractivity contribution in [3.05, 3.63) is 50.9 Å². The van der Waals surface area contributed by atoms with E-state index in [4.69, 9.17) is 4.74 Å². The predicted molar refractivity (Wildman–Crippen MR) is 108 cm³/mol. The molecule has 1 aliphatic carbocycles. The normalized spacial score (nSPS) is 15.9. The molecule has 3 rings (SSSR count). The van der Waals surface area contributed by atoms with Gasteiger partial charge in [0, 0.05) is 16.0 Å². The molecule has 0 atom stereocenters. The summed E-state index contributed by atoms with van der Waals surface area (Å²) in [5.74, 6) is 0.207. The van der Waals surface area contributed by atoms with Gasteiger partial charge in [-0.15, -0.1) is 0 Å². The molecule has 26 heavy (non-hydrogen) atoms. The minimum absolute atomic E-state index is 0.0477. The van der Waals surface area contributed by atoms with Crippen LogP contribution in [-0.2, 0) is 12.8 Å². The van der Waals surface area contributed by atoms with Gasteiger partial charge in [0.1, 0.15) is 5.75 Å². The molecule has 3 nitrogen and oxygen atoms in total. The molecule has 0 amide bonds. The summed E-state index contributed by atoms with van der Waals surface area (Å²) in [6.07, 6.45) is 6.74. The first-order chi connectivity index (χ1) is 12.2. The number of fused-ring (bicyclic) bond motifs is 1. The van der Waals surface area contributed by atoms with Gasteiger partial charge in [-0.2, -0.15) is 0 Å². The van der Waals surface area contributed by atoms with Gasteiger partial charge in [0.15, 0.2) is 10.8 Å². The molecule has 1 aromatic heterocycles. The first kappa shape index (κ1) is 18.7. The van der Waals surface area contributed by atoms with E-state index in [-0.39, 0.29) is 11.5 Å². The number of phenolic OH excluding ortho intramolecular Hbond substituents is 1. The summed E-state index contributed by atoms with van der Waals surface area (Å²) in [5.41, 5.74) is 4.97. The molecular formula is C22H26O3S. The lowest BCUT2D eigenvalue weighted by molar-refractivity contribution is 0.104. The van der Waals surface area contributed by atoms with Gasteiger partial charge >= 0.3 is 0 Å². The quantitative estimate of drug-likeness (QED) is 0.572. The van der Waals surface area contributed by atoms with E-state index in [2.05, 4.69) is 13.8 Å². The zero-order chi connectivity index (χ0) is 19.1. The third-order valence-electron chi connectivity index (χ3n) is 5.16. The van der Waals surface area contributed by atoms with E-state index >= 15 is 0 Å². The van der Waals surface area contributed by atoms with Crippen LogP contribution in [0.15, 0.2) is 18.2 Å². The van der Waals surface area contributed by atoms with Gasteiger partial charge in [0.2, 0.25) is 0 Å². The van der Waals surface area contributed by atoms with E-state index in [1.54, 1.807) is 36.7 Å². The maximum absolute atomic E-state index is 12.6. The van der Waals surface area contributed by atoms with Gasteiger partial charge in [0.25, 0.3) is 0 Å². The number of aromatic hydroxyl groups is 1. The Hall–Kier alpha value is -2.07. The predicted octanol–water partition coefficient (Wildman–Crippen LogP) is 5.49. The molecule has 1 N–H and O–H groups in total. The van der Waals surface area contributed by atoms with E-state index in [9.17, 15) is 9.90 Å². The first-order valence-corrected chi connectivity index (χ1v) is 9.74. The average molecular weight is 371 g/mol. The summed E-state index contributed by atoms with van der Waals surface area (Å²) in [5, 5.41) is 10.9. The molecule has 1 aromatic carbocycles. The van der Waals surface area contributed by atoms with Crippen LogP contribution < -0.4 is 4.74 Å². The fourth-order valence-corrected chi connectivity index (χ4v) is 4.71. The monoisotopic (exact) mass is 370 g/mol. The van der Waals surface area contributed by atoms with Crippen LogP contribution in [0.5, 0.6) is 10.8 Å². The highest BCUT2D eigenvalue weighted by Crippen LogP contribution is 2.45. The molecule has 0 saturated heterocycles. The van der Waals surface area contributed by atoms with Crippen LogP contribution in [0.25, 0.3) is 6.08 Å². The number of allylic oxidation sites excluding steroid dienone is 1. The maximum Gasteiger partial charge on any atom is 0.185 e. The molecule has 0 bridgehead atoms. The standard InChI is InChI=1S/C22H26O3S/c1-13-10-15(11-14(2)20(13)24)18(23)6-7-19-16-8-9-22(3,4)12-17(16)21(25-5)26-19/h6-7,10-11,24H,8-9,12H2,1-5H3. The van der Waals surface area contributed by atoms with Crippen LogP contribution in [0.4, 0.5) is 0 Å². The van der Waals surface area contributed by atoms with Gasteiger partial charge in [-0.3, -0.25) is 4.79 Å². The van der Waals surface area contributed by atoms with Crippen molar-refractivity contribution in [3.63, 3.8) is 0 Å². The van der Waals surface area contributed by atoms with E-state index < -0.39 is 0 Å². The van der Waals surface area contributed by atoms with E-state index in [1.165, 1.54) is 11.1 Å². The molecule has 0 unspecified atom stereocenters. The van der Waals surface area contributed by atoms with Crippen molar-refractivity contribution < 1.29 is 14.6 Å². The third-order valence-corrected chi connectivity index (χ3v) is 6.37. The average Bonchev–Trinajstić information content (AvgIpc) is 2.92. The lowest BCUT2D eigenvalue weighted by Gasteiger charge is -2.30. The summed E-state index contributed by atoms with van der Waals surface area (Å²) in [6.45, 7) is 8.21. The lowest BCUT2D eigenvalue weighted by atomic mass is 9.75. The molecule has 4 heteroatoms. The molecule has 0 saturated carbocycles. The number of ether oxygens (including phenoxy) is 1. The zero-order valence-electron chi connectivity index (χ0n) is 16.1. The minimum Gasteiger partial charge on any atom is -0.507 e. The van der Waals surface area contributed by atoms with Crippen LogP contribution in [-0.4, -0.2) is 18.0 Å². The molecule has 0 spiro atoms. The van der Waals surface area contributed by atoms with Crippen molar-refractivity contribution in [1.82, 2.24) is 0 Å². The topological polar surface area (TPSA) is 46.5 Å². The second kappa shape index (κ2) is 6.92. The Morgan fingerprint density at radius 1 is 1.23 bits per heavy atom. The van der Waals surface area contributed by atoms with Gasteiger partial charge in [-0.05, 0) is 79.5 Å². The third kappa shape index (κ3) is 3.56. The number of rotatable bonds is 4. The van der Waals surface area contributed by atoms with Crippen LogP contribution in [0.3, 0.4) is 0 Å². The molecule has 1 heterocycles. The van der Waals surface area contributed by atoms with Crippen molar-refractivity contribution >= 4 is 23.2 Å². The minimum atomic E-state index is -0.0477. The van der Waals surface area contributed by atoms with Crippen LogP contribution in [0.2, 0.25) is 0 Å². The molecule has 0 aliphatic heterocycles. The number of phenols is 1. The van der Waals surface area contributed by atoms with Gasteiger partial charge in [-0.1, -0.05) is 25.2 Å². The van der Waals surface area contributed by atoms with E-state index in [0.717, 1.165) is 40.3 Å². The SMILES string of the molecule is COc1sc(C=CC(=O)c2cc(C)c(O)c(C)c2)c2c1CC(C)(C)CC2. The molecule has 2 aromatic rings. The van der Waals surface area contributed by atoms with Crippen molar-refractivity contribution in [3.8, 4) is 10.8 Å². The van der Waals surface area contributed by atoms with Crippen molar-refractivity contribution in [2.24, 2.45) is 5.41 Å². The lowest BCUT2D eigenvalue weighted by Crippen LogP contribution is -2.21. The number of benzene rings is 1. The fourth-order valence-electron chi connectivity index (χ4n) is 3.62. The molecule has 0 radical (unpaired) electrons. The smallest absolute Gasteiger partial charge is 0.185 e. The number of aryl methyl sites for hydroxylation is 2. The zero-order valence-corrected chi connectivity index (χ0v) is 16.9. The number of methoxy groups -OCH3 is 1. The Bertz CT molecular complexity index is 864. The van der Waals surface area contributed by atoms with Crippen molar-refractivity contribution in [2.75, 3.05) is 7.11 Å². The van der Waals surface area contributed by atoms with E-state index in [0.29, 0.717) is 11.0 Å². The van der Waals surface area contributed by atoms with Crippen LogP contribution >= 0.6 is 11.3 Å². The Labute approximate surface area is 159 Å². The maximum atomic E-state index is 12.6. The largest absolute Gasteiger partial charge is 0.507 e. The number of hydrogen-bond acceptors (Lipinski definition) is 4. The number of carbonyl (C=O) groups excluding carboxylic acids is 1. The highest BCUT2D eigenvalue weighted by Gasteiger charge is 2.30. The highest BCUT2D eigenvalue weighted by molar-refractivity contribution is 7.15. The first-order valence-electron chi connectivity index (χ1n) is 8.93. The summed E-state index contributed by atoms with van der Waals surface area (Å²) >= 11 is 1.62. The summed E-state index contributed by atoms with van der Waals surface area (Å²) in [4.78, 5) is 13.7. The summed E-state index contributed by atoms with van der Waals surface area (Å²) < 4.78 is 5.59. The Balaban J connectivity index is 1.90. The number of thiophene rings is 1. The molecular weight excluding hydrogens is 344 g/mol. The van der Waals surface area contributed by atoms with Crippen molar-refractivity contribution in [2.45, 2.75) is 47.0 Å². The Kier molecular flexibility index (Phi) is 4.98. The number of carbonyl (C=O) groups is 1. The Morgan fingerprint density at radius 3 is 2.50 bits per heavy atom. The van der Waals surface area contributed by atoms with Crippen LogP contribution in [0.1, 0.15) is 57.8 Å². The number of ketones is 1. The van der Waals surface area contributed by atoms with Gasteiger partial charge < -0.3 is 9.84 Å².